The van der Waals surface area contributed by atoms with Gasteiger partial charge in [0.1, 0.15) is 0 Å². The van der Waals surface area contributed by atoms with Crippen LogP contribution in [-0.2, 0) is 4.74 Å². The normalized spacial score (nSPS) is 18.6. The molecule has 5 nitrogen and oxygen atoms in total. The van der Waals surface area contributed by atoms with Crippen LogP contribution in [0.4, 0.5) is 0 Å². The Morgan fingerprint density at radius 2 is 2.00 bits per heavy atom. The first kappa shape index (κ1) is 21.9. The summed E-state index contributed by atoms with van der Waals surface area (Å²) in [5.74, 6) is 1.79. The quantitative estimate of drug-likeness (QED) is 0.271. The zero-order valence-electron chi connectivity index (χ0n) is 14.7. The molecule has 1 heterocycles. The first-order valence-corrected chi connectivity index (χ1v) is 8.34. The molecular weight excluding hydrogens is 391 g/mol. The van der Waals surface area contributed by atoms with E-state index in [4.69, 9.17) is 4.74 Å². The van der Waals surface area contributed by atoms with E-state index in [0.717, 1.165) is 18.4 Å². The fraction of sp³-hybridized carbons (Fsp3) is 0.938. The lowest BCUT2D eigenvalue weighted by atomic mass is 9.99. The van der Waals surface area contributed by atoms with Crippen molar-refractivity contribution in [2.75, 3.05) is 46.9 Å². The van der Waals surface area contributed by atoms with Crippen LogP contribution in [0.1, 0.15) is 39.5 Å². The third-order valence-corrected chi connectivity index (χ3v) is 4.09. The molecule has 1 aliphatic rings. The second-order valence-electron chi connectivity index (χ2n) is 6.23. The zero-order valence-corrected chi connectivity index (χ0v) is 17.1. The molecule has 0 aromatic carbocycles. The maximum absolute atomic E-state index is 5.12. The molecule has 0 spiro atoms. The zero-order chi connectivity index (χ0) is 15.5. The Morgan fingerprint density at radius 3 is 2.59 bits per heavy atom. The van der Waals surface area contributed by atoms with E-state index in [-0.39, 0.29) is 30.0 Å². The van der Waals surface area contributed by atoms with E-state index < -0.39 is 0 Å². The Kier molecular flexibility index (Phi) is 13.3. The Labute approximate surface area is 153 Å². The van der Waals surface area contributed by atoms with Crippen LogP contribution in [0.25, 0.3) is 0 Å². The summed E-state index contributed by atoms with van der Waals surface area (Å²) >= 11 is 0. The topological polar surface area (TPSA) is 48.9 Å². The standard InChI is InChI=1S/C16H34N4O.HI/c1-14-7-11-20(12-8-14)10-6-5-9-18-16(17-3)19-15(2)13-21-4;/h14-15H,5-13H2,1-4H3,(H2,17,18,19);1H. The Bertz CT molecular complexity index is 294. The second kappa shape index (κ2) is 13.4. The summed E-state index contributed by atoms with van der Waals surface area (Å²) in [5.41, 5.74) is 0. The molecule has 2 N–H and O–H groups in total. The fourth-order valence-electron chi connectivity index (χ4n) is 2.67. The number of hydrogen-bond donors (Lipinski definition) is 2. The van der Waals surface area contributed by atoms with E-state index in [1.54, 1.807) is 7.11 Å². The smallest absolute Gasteiger partial charge is 0.191 e. The predicted octanol–water partition coefficient (Wildman–Crippen LogP) is 2.32. The van der Waals surface area contributed by atoms with Crippen LogP contribution in [0, 0.1) is 5.92 Å². The number of likely N-dealkylation sites (tertiary alicyclic amines) is 1. The number of nitrogens with one attached hydrogen (secondary N) is 2. The van der Waals surface area contributed by atoms with Gasteiger partial charge in [-0.05, 0) is 58.2 Å². The molecule has 0 aliphatic carbocycles. The predicted molar refractivity (Wildman–Crippen MR) is 105 cm³/mol. The van der Waals surface area contributed by atoms with Gasteiger partial charge in [0.25, 0.3) is 0 Å². The molecule has 0 amide bonds. The summed E-state index contributed by atoms with van der Waals surface area (Å²) in [6.07, 6.45) is 5.18. The summed E-state index contributed by atoms with van der Waals surface area (Å²) < 4.78 is 5.12. The van der Waals surface area contributed by atoms with Crippen LogP contribution >= 0.6 is 24.0 Å². The molecule has 22 heavy (non-hydrogen) atoms. The van der Waals surface area contributed by atoms with Crippen LogP contribution in [-0.4, -0.2) is 63.8 Å². The van der Waals surface area contributed by atoms with Gasteiger partial charge in [-0.2, -0.15) is 0 Å². The highest BCUT2D eigenvalue weighted by atomic mass is 127. The van der Waals surface area contributed by atoms with Crippen LogP contribution in [0.3, 0.4) is 0 Å². The van der Waals surface area contributed by atoms with Gasteiger partial charge in [-0.1, -0.05) is 6.92 Å². The largest absolute Gasteiger partial charge is 0.383 e. The van der Waals surface area contributed by atoms with Gasteiger partial charge in [0.2, 0.25) is 0 Å². The maximum atomic E-state index is 5.12. The van der Waals surface area contributed by atoms with Gasteiger partial charge in [-0.3, -0.25) is 4.99 Å². The van der Waals surface area contributed by atoms with Crippen molar-refractivity contribution < 1.29 is 4.74 Å². The summed E-state index contributed by atoms with van der Waals surface area (Å²) in [4.78, 5) is 6.84. The first-order chi connectivity index (χ1) is 10.2. The van der Waals surface area contributed by atoms with Gasteiger partial charge < -0.3 is 20.3 Å². The molecule has 1 aliphatic heterocycles. The fourth-order valence-corrected chi connectivity index (χ4v) is 2.67. The van der Waals surface area contributed by atoms with Crippen molar-refractivity contribution in [1.29, 1.82) is 0 Å². The number of unbranched alkanes of at least 4 members (excludes halogenated alkanes) is 1. The van der Waals surface area contributed by atoms with Gasteiger partial charge in [-0.25, -0.2) is 0 Å². The number of methoxy groups -OCH3 is 1. The maximum Gasteiger partial charge on any atom is 0.191 e. The van der Waals surface area contributed by atoms with E-state index in [1.807, 2.05) is 7.05 Å². The number of ether oxygens (including phenoxy) is 1. The Morgan fingerprint density at radius 1 is 1.32 bits per heavy atom. The summed E-state index contributed by atoms with van der Waals surface area (Å²) in [7, 11) is 3.53. The molecule has 0 radical (unpaired) electrons. The van der Waals surface area contributed by atoms with Crippen LogP contribution in [0.15, 0.2) is 4.99 Å². The highest BCUT2D eigenvalue weighted by molar-refractivity contribution is 14.0. The van der Waals surface area contributed by atoms with Crippen molar-refractivity contribution in [3.63, 3.8) is 0 Å². The molecule has 1 saturated heterocycles. The molecule has 0 aromatic rings. The Balaban J connectivity index is 0.00000441. The molecule has 0 bridgehead atoms. The number of rotatable bonds is 8. The van der Waals surface area contributed by atoms with E-state index in [0.29, 0.717) is 6.61 Å². The van der Waals surface area contributed by atoms with Crippen molar-refractivity contribution >= 4 is 29.9 Å². The highest BCUT2D eigenvalue weighted by Crippen LogP contribution is 2.15. The summed E-state index contributed by atoms with van der Waals surface area (Å²) in [6.45, 7) is 9.93. The third kappa shape index (κ3) is 9.84. The molecular formula is C16H35IN4O. The van der Waals surface area contributed by atoms with Crippen molar-refractivity contribution in [3.05, 3.63) is 0 Å². The molecule has 6 heteroatoms. The van der Waals surface area contributed by atoms with Crippen molar-refractivity contribution in [2.24, 2.45) is 10.9 Å². The SMILES string of the molecule is CN=C(NCCCCN1CCC(C)CC1)NC(C)COC.I. The molecule has 1 atom stereocenters. The number of aliphatic imine (C=N–C) groups is 1. The first-order valence-electron chi connectivity index (χ1n) is 8.34. The van der Waals surface area contributed by atoms with Crippen LogP contribution < -0.4 is 10.6 Å². The van der Waals surface area contributed by atoms with Crippen molar-refractivity contribution in [2.45, 2.75) is 45.6 Å². The van der Waals surface area contributed by atoms with Gasteiger partial charge in [0.05, 0.1) is 6.61 Å². The minimum atomic E-state index is 0. The van der Waals surface area contributed by atoms with Gasteiger partial charge in [0, 0.05) is 26.7 Å². The Hall–Kier alpha value is -0.0800. The lowest BCUT2D eigenvalue weighted by Crippen LogP contribution is -2.44. The minimum Gasteiger partial charge on any atom is -0.383 e. The number of piperidine rings is 1. The molecule has 0 saturated carbocycles. The number of guanidine groups is 1. The lowest BCUT2D eigenvalue weighted by molar-refractivity contribution is 0.179. The number of hydrogen-bond acceptors (Lipinski definition) is 3. The summed E-state index contributed by atoms with van der Waals surface area (Å²) in [6, 6.07) is 0.275. The molecule has 1 unspecified atom stereocenters. The number of nitrogens with zero attached hydrogens (tertiary/aromatic N) is 2. The van der Waals surface area contributed by atoms with Crippen molar-refractivity contribution in [3.8, 4) is 0 Å². The molecule has 1 fully saturated rings. The minimum absolute atomic E-state index is 0. The number of halogens is 1. The average Bonchev–Trinajstić information content (AvgIpc) is 2.48. The van der Waals surface area contributed by atoms with E-state index >= 15 is 0 Å². The van der Waals surface area contributed by atoms with Crippen LogP contribution in [0.2, 0.25) is 0 Å². The molecule has 0 aromatic heterocycles. The lowest BCUT2D eigenvalue weighted by Gasteiger charge is -2.30. The average molecular weight is 426 g/mol. The van der Waals surface area contributed by atoms with Crippen molar-refractivity contribution in [1.82, 2.24) is 15.5 Å². The monoisotopic (exact) mass is 426 g/mol. The van der Waals surface area contributed by atoms with Gasteiger partial charge in [0.15, 0.2) is 5.96 Å². The molecule has 1 rings (SSSR count). The van der Waals surface area contributed by atoms with Crippen LogP contribution in [0.5, 0.6) is 0 Å². The van der Waals surface area contributed by atoms with E-state index in [1.165, 1.54) is 45.3 Å². The van der Waals surface area contributed by atoms with E-state index in [9.17, 15) is 0 Å². The van der Waals surface area contributed by atoms with E-state index in [2.05, 4.69) is 34.4 Å². The molecule has 132 valence electrons. The summed E-state index contributed by atoms with van der Waals surface area (Å²) in [5, 5.41) is 6.68. The highest BCUT2D eigenvalue weighted by Gasteiger charge is 2.14. The third-order valence-electron chi connectivity index (χ3n) is 4.09. The second-order valence-corrected chi connectivity index (χ2v) is 6.23. The van der Waals surface area contributed by atoms with Gasteiger partial charge >= 0.3 is 0 Å². The van der Waals surface area contributed by atoms with Gasteiger partial charge in [-0.15, -0.1) is 24.0 Å².